The largest absolute Gasteiger partial charge is 0.464 e. The van der Waals surface area contributed by atoms with Crippen LogP contribution >= 0.6 is 0 Å². The molecule has 0 saturated heterocycles. The number of hydrogen-bond acceptors (Lipinski definition) is 4. The molecule has 1 aromatic heterocycles. The fourth-order valence-electron chi connectivity index (χ4n) is 1.91. The van der Waals surface area contributed by atoms with Crippen LogP contribution < -0.4 is 5.56 Å². The third kappa shape index (κ3) is 2.34. The van der Waals surface area contributed by atoms with E-state index in [9.17, 15) is 9.59 Å². The van der Waals surface area contributed by atoms with Crippen molar-refractivity contribution in [1.82, 2.24) is 9.55 Å². The van der Waals surface area contributed by atoms with Crippen molar-refractivity contribution < 1.29 is 9.53 Å². The van der Waals surface area contributed by atoms with Crippen LogP contribution in [-0.4, -0.2) is 22.6 Å². The van der Waals surface area contributed by atoms with Gasteiger partial charge in [-0.2, -0.15) is 0 Å². The highest BCUT2D eigenvalue weighted by Gasteiger charge is 2.13. The Balaban J connectivity index is 2.66. The topological polar surface area (TPSA) is 61.2 Å². The van der Waals surface area contributed by atoms with Gasteiger partial charge < -0.3 is 4.74 Å². The van der Waals surface area contributed by atoms with E-state index in [2.05, 4.69) is 16.3 Å². The van der Waals surface area contributed by atoms with Crippen LogP contribution in [0.25, 0.3) is 16.6 Å². The number of carbonyl (C=O) groups is 1. The summed E-state index contributed by atoms with van der Waals surface area (Å²) in [6.07, 6.45) is 1.29. The van der Waals surface area contributed by atoms with Gasteiger partial charge in [-0.05, 0) is 23.6 Å². The average molecular weight is 272 g/mol. The molecule has 104 valence electrons. The maximum Gasteiger partial charge on any atom is 0.354 e. The van der Waals surface area contributed by atoms with Gasteiger partial charge in [-0.1, -0.05) is 26.5 Å². The van der Waals surface area contributed by atoms with Gasteiger partial charge in [0.15, 0.2) is 0 Å². The Bertz CT molecular complexity index is 744. The molecule has 5 nitrogen and oxygen atoms in total. The number of rotatable bonds is 3. The Morgan fingerprint density at radius 2 is 2.10 bits per heavy atom. The number of ether oxygens (including phenoxy) is 1. The summed E-state index contributed by atoms with van der Waals surface area (Å²) in [4.78, 5) is 28.1. The molecule has 2 rings (SSSR count). The first-order valence-corrected chi connectivity index (χ1v) is 6.24. The van der Waals surface area contributed by atoms with Gasteiger partial charge in [-0.25, -0.2) is 9.78 Å². The minimum atomic E-state index is -0.659. The van der Waals surface area contributed by atoms with E-state index in [0.29, 0.717) is 16.8 Å². The van der Waals surface area contributed by atoms with Crippen LogP contribution in [0.1, 0.15) is 25.3 Å². The number of carbonyl (C=O) groups excluding carboxylic acids is 1. The molecule has 0 fully saturated rings. The molecule has 0 atom stereocenters. The fraction of sp³-hybridized carbons (Fsp3) is 0.267. The van der Waals surface area contributed by atoms with Crippen molar-refractivity contribution in [3.05, 3.63) is 47.0 Å². The highest BCUT2D eigenvalue weighted by atomic mass is 16.5. The molecule has 0 saturated carbocycles. The van der Waals surface area contributed by atoms with Crippen molar-refractivity contribution in [2.24, 2.45) is 0 Å². The van der Waals surface area contributed by atoms with Crippen LogP contribution in [0.5, 0.6) is 0 Å². The van der Waals surface area contributed by atoms with Gasteiger partial charge in [0, 0.05) is 0 Å². The molecule has 20 heavy (non-hydrogen) atoms. The summed E-state index contributed by atoms with van der Waals surface area (Å²) in [7, 11) is 1.24. The van der Waals surface area contributed by atoms with Crippen molar-refractivity contribution in [2.45, 2.75) is 19.8 Å². The molecular formula is C15H16N2O3. The summed E-state index contributed by atoms with van der Waals surface area (Å²) in [5.74, 6) is -0.357. The number of methoxy groups -OCH3 is 1. The van der Waals surface area contributed by atoms with Crippen LogP contribution in [0, 0.1) is 0 Å². The molecule has 0 spiro atoms. The van der Waals surface area contributed by atoms with E-state index in [1.165, 1.54) is 13.4 Å². The molecule has 2 aromatic rings. The van der Waals surface area contributed by atoms with Gasteiger partial charge in [0.2, 0.25) is 0 Å². The maximum atomic E-state index is 12.4. The molecule has 0 bridgehead atoms. The quantitative estimate of drug-likeness (QED) is 0.634. The maximum absolute atomic E-state index is 12.4. The highest BCUT2D eigenvalue weighted by molar-refractivity contribution is 6.09. The predicted octanol–water partition coefficient (Wildman–Crippen LogP) is 2.16. The predicted molar refractivity (Wildman–Crippen MR) is 77.4 cm³/mol. The van der Waals surface area contributed by atoms with Crippen molar-refractivity contribution in [3.63, 3.8) is 0 Å². The lowest BCUT2D eigenvalue weighted by Gasteiger charge is -2.09. The normalized spacial score (nSPS) is 10.8. The van der Waals surface area contributed by atoms with Crippen molar-refractivity contribution in [2.75, 3.05) is 7.11 Å². The Morgan fingerprint density at radius 1 is 1.40 bits per heavy atom. The Morgan fingerprint density at radius 3 is 2.70 bits per heavy atom. The Kier molecular flexibility index (Phi) is 3.70. The second-order valence-corrected chi connectivity index (χ2v) is 4.79. The first-order valence-electron chi connectivity index (χ1n) is 6.24. The third-order valence-electron chi connectivity index (χ3n) is 3.16. The van der Waals surface area contributed by atoms with Crippen LogP contribution in [-0.2, 0) is 9.53 Å². The van der Waals surface area contributed by atoms with Crippen molar-refractivity contribution >= 4 is 22.6 Å². The van der Waals surface area contributed by atoms with Crippen LogP contribution in [0.2, 0.25) is 0 Å². The number of nitrogens with zero attached hydrogens (tertiary/aromatic N) is 2. The molecule has 0 aliphatic carbocycles. The summed E-state index contributed by atoms with van der Waals surface area (Å²) in [5, 5.41) is 0.462. The van der Waals surface area contributed by atoms with E-state index in [0.717, 1.165) is 10.1 Å². The lowest BCUT2D eigenvalue weighted by Crippen LogP contribution is -2.23. The van der Waals surface area contributed by atoms with Gasteiger partial charge in [0.05, 0.1) is 18.0 Å². The SMILES string of the molecule is C=C(C(=O)OC)n1cnc2ccc(C(C)C)cc2c1=O. The van der Waals surface area contributed by atoms with Crippen LogP contribution in [0.15, 0.2) is 35.9 Å². The molecule has 5 heteroatoms. The standard InChI is InChI=1S/C15H16N2O3/c1-9(2)11-5-6-13-12(7-11)14(18)17(8-16-13)10(3)15(19)20-4/h5-9H,3H2,1-2,4H3. The van der Waals surface area contributed by atoms with Crippen molar-refractivity contribution in [1.29, 1.82) is 0 Å². The molecular weight excluding hydrogens is 256 g/mol. The number of benzene rings is 1. The van der Waals surface area contributed by atoms with Crippen LogP contribution in [0.4, 0.5) is 0 Å². The zero-order valence-corrected chi connectivity index (χ0v) is 11.7. The molecule has 0 radical (unpaired) electrons. The molecule has 0 aliphatic rings. The third-order valence-corrected chi connectivity index (χ3v) is 3.16. The summed E-state index contributed by atoms with van der Waals surface area (Å²) in [5.41, 5.74) is 1.25. The second kappa shape index (κ2) is 5.28. The van der Waals surface area contributed by atoms with E-state index in [1.54, 1.807) is 12.1 Å². The first kappa shape index (κ1) is 14.0. The number of fused-ring (bicyclic) bond motifs is 1. The summed E-state index contributed by atoms with van der Waals surface area (Å²) in [6.45, 7) is 7.66. The lowest BCUT2D eigenvalue weighted by molar-refractivity contribution is -0.134. The summed E-state index contributed by atoms with van der Waals surface area (Å²) >= 11 is 0. The first-order chi connectivity index (χ1) is 9.45. The van der Waals surface area contributed by atoms with Gasteiger partial charge in [-0.3, -0.25) is 9.36 Å². The smallest absolute Gasteiger partial charge is 0.354 e. The lowest BCUT2D eigenvalue weighted by atomic mass is 10.0. The Hall–Kier alpha value is -2.43. The van der Waals surface area contributed by atoms with E-state index in [4.69, 9.17) is 0 Å². The second-order valence-electron chi connectivity index (χ2n) is 4.79. The summed E-state index contributed by atoms with van der Waals surface area (Å²) < 4.78 is 5.68. The highest BCUT2D eigenvalue weighted by Crippen LogP contribution is 2.18. The molecule has 0 unspecified atom stereocenters. The monoisotopic (exact) mass is 272 g/mol. The molecule has 1 heterocycles. The van der Waals surface area contributed by atoms with Gasteiger partial charge in [-0.15, -0.1) is 0 Å². The number of hydrogen-bond donors (Lipinski definition) is 0. The minimum absolute atomic E-state index is 0.0538. The zero-order valence-electron chi connectivity index (χ0n) is 11.7. The molecule has 0 amide bonds. The molecule has 0 N–H and O–H groups in total. The molecule has 1 aromatic carbocycles. The van der Waals surface area contributed by atoms with E-state index in [-0.39, 0.29) is 11.3 Å². The van der Waals surface area contributed by atoms with Crippen molar-refractivity contribution in [3.8, 4) is 0 Å². The van der Waals surface area contributed by atoms with Crippen LogP contribution in [0.3, 0.4) is 0 Å². The minimum Gasteiger partial charge on any atom is -0.464 e. The average Bonchev–Trinajstić information content (AvgIpc) is 2.45. The zero-order chi connectivity index (χ0) is 14.9. The molecule has 0 aliphatic heterocycles. The summed E-state index contributed by atoms with van der Waals surface area (Å²) in [6, 6.07) is 5.55. The number of esters is 1. The van der Waals surface area contributed by atoms with Gasteiger partial charge >= 0.3 is 5.97 Å². The van der Waals surface area contributed by atoms with E-state index in [1.807, 2.05) is 19.9 Å². The fourth-order valence-corrected chi connectivity index (χ4v) is 1.91. The van der Waals surface area contributed by atoms with Gasteiger partial charge in [0.1, 0.15) is 12.0 Å². The van der Waals surface area contributed by atoms with E-state index < -0.39 is 5.97 Å². The Labute approximate surface area is 116 Å². The van der Waals surface area contributed by atoms with E-state index >= 15 is 0 Å². The van der Waals surface area contributed by atoms with Gasteiger partial charge in [0.25, 0.3) is 5.56 Å². The number of aromatic nitrogens is 2.